The van der Waals surface area contributed by atoms with Gasteiger partial charge in [0.2, 0.25) is 0 Å². The van der Waals surface area contributed by atoms with Crippen LogP contribution in [-0.2, 0) is 6.54 Å². The van der Waals surface area contributed by atoms with Crippen LogP contribution in [0.25, 0.3) is 0 Å². The van der Waals surface area contributed by atoms with E-state index in [1.54, 1.807) is 29.5 Å². The maximum Gasteiger partial charge on any atom is 0.144 e. The maximum atomic E-state index is 9.91. The molecule has 0 aliphatic carbocycles. The van der Waals surface area contributed by atoms with E-state index in [1.807, 2.05) is 37.1 Å². The Bertz CT molecular complexity index is 867. The average Bonchev–Trinajstić information content (AvgIpc) is 3.12. The van der Waals surface area contributed by atoms with Crippen molar-refractivity contribution >= 4 is 34.9 Å². The smallest absolute Gasteiger partial charge is 0.144 e. The summed E-state index contributed by atoms with van der Waals surface area (Å²) in [6.07, 6.45) is 3.22. The molecule has 24 heavy (non-hydrogen) atoms. The van der Waals surface area contributed by atoms with Crippen LogP contribution in [0.1, 0.15) is 11.1 Å². The minimum Gasteiger partial charge on any atom is -0.507 e. The Morgan fingerprint density at radius 2 is 1.88 bits per heavy atom. The number of hydrogen-bond acceptors (Lipinski definition) is 5. The number of hydrogen-bond donors (Lipinski definition) is 1. The number of aromatic hydroxyl groups is 1. The summed E-state index contributed by atoms with van der Waals surface area (Å²) < 4.78 is 2.43. The summed E-state index contributed by atoms with van der Waals surface area (Å²) in [5.74, 6) is 0.243. The van der Waals surface area contributed by atoms with Gasteiger partial charge in [0.1, 0.15) is 26.3 Å². The fraction of sp³-hybridized carbons (Fsp3) is 0.0625. The van der Waals surface area contributed by atoms with Crippen LogP contribution in [0.5, 0.6) is 5.75 Å². The molecular formula is C16H13BBrN5O. The Morgan fingerprint density at radius 1 is 1.21 bits per heavy atom. The van der Waals surface area contributed by atoms with Crippen LogP contribution in [0.3, 0.4) is 0 Å². The maximum absolute atomic E-state index is 9.91. The minimum atomic E-state index is 0.243. The number of anilines is 1. The molecule has 0 bridgehead atoms. The van der Waals surface area contributed by atoms with E-state index in [2.05, 4.69) is 32.2 Å². The summed E-state index contributed by atoms with van der Waals surface area (Å²) in [7, 11) is 1.86. The molecule has 0 unspecified atom stereocenters. The molecule has 1 N–H and O–H groups in total. The Balaban J connectivity index is 1.98. The lowest BCUT2D eigenvalue weighted by atomic mass is 9.93. The monoisotopic (exact) mass is 381 g/mol. The molecule has 0 atom stereocenters. The van der Waals surface area contributed by atoms with Gasteiger partial charge in [0.05, 0.1) is 28.3 Å². The SMILES string of the molecule is Bc1cc(CN(c2ccc(C#N)cc2)n2cnnc2)cc(Br)c1O. The van der Waals surface area contributed by atoms with E-state index in [0.29, 0.717) is 16.6 Å². The van der Waals surface area contributed by atoms with Gasteiger partial charge < -0.3 is 5.11 Å². The topological polar surface area (TPSA) is 78.0 Å². The van der Waals surface area contributed by atoms with Gasteiger partial charge in [-0.1, -0.05) is 6.07 Å². The predicted octanol–water partition coefficient (Wildman–Crippen LogP) is 1.35. The molecule has 6 nitrogen and oxygen atoms in total. The van der Waals surface area contributed by atoms with E-state index in [-0.39, 0.29) is 5.75 Å². The average molecular weight is 382 g/mol. The van der Waals surface area contributed by atoms with Crippen LogP contribution in [0.2, 0.25) is 0 Å². The van der Waals surface area contributed by atoms with Gasteiger partial charge in [-0.3, -0.25) is 5.01 Å². The van der Waals surface area contributed by atoms with E-state index in [1.165, 1.54) is 0 Å². The van der Waals surface area contributed by atoms with Crippen LogP contribution in [-0.4, -0.2) is 27.8 Å². The lowest BCUT2D eigenvalue weighted by molar-refractivity contribution is 0.476. The van der Waals surface area contributed by atoms with Crippen molar-refractivity contribution in [3.63, 3.8) is 0 Å². The normalized spacial score (nSPS) is 10.3. The van der Waals surface area contributed by atoms with Gasteiger partial charge in [-0.05, 0) is 57.3 Å². The van der Waals surface area contributed by atoms with Gasteiger partial charge in [-0.25, -0.2) is 4.68 Å². The van der Waals surface area contributed by atoms with Crippen LogP contribution < -0.4 is 10.5 Å². The molecule has 0 amide bonds. The molecule has 3 rings (SSSR count). The molecule has 2 aromatic carbocycles. The molecule has 8 heteroatoms. The predicted molar refractivity (Wildman–Crippen MR) is 96.7 cm³/mol. The molecule has 0 spiro atoms. The number of aromatic nitrogens is 3. The van der Waals surface area contributed by atoms with Gasteiger partial charge in [-0.15, -0.1) is 10.2 Å². The molecule has 1 aromatic heterocycles. The first kappa shape index (κ1) is 16.1. The van der Waals surface area contributed by atoms with Gasteiger partial charge in [-0.2, -0.15) is 5.26 Å². The Kier molecular flexibility index (Phi) is 4.53. The zero-order valence-corrected chi connectivity index (χ0v) is 14.5. The van der Waals surface area contributed by atoms with E-state index in [9.17, 15) is 5.11 Å². The molecule has 118 valence electrons. The summed E-state index contributed by atoms with van der Waals surface area (Å²) in [5, 5.41) is 28.6. The largest absolute Gasteiger partial charge is 0.507 e. The zero-order chi connectivity index (χ0) is 17.1. The second-order valence-electron chi connectivity index (χ2n) is 5.30. The zero-order valence-electron chi connectivity index (χ0n) is 12.9. The number of nitrogens with zero attached hydrogens (tertiary/aromatic N) is 5. The molecule has 0 radical (unpaired) electrons. The number of nitriles is 1. The van der Waals surface area contributed by atoms with Crippen LogP contribution in [0.15, 0.2) is 53.5 Å². The molecular weight excluding hydrogens is 369 g/mol. The van der Waals surface area contributed by atoms with Crippen molar-refractivity contribution in [2.45, 2.75) is 6.54 Å². The standard InChI is InChI=1S/C16H13BBrN5O/c17-14-5-12(6-15(18)16(14)24)8-23(22-9-20-21-10-22)13-3-1-11(7-19)2-4-13/h1-6,9-10,24H,8,17H2. The summed E-state index contributed by atoms with van der Waals surface area (Å²) in [6.45, 7) is 0.545. The van der Waals surface area contributed by atoms with Gasteiger partial charge >= 0.3 is 0 Å². The van der Waals surface area contributed by atoms with Crippen molar-refractivity contribution in [3.8, 4) is 11.8 Å². The Morgan fingerprint density at radius 3 is 2.46 bits per heavy atom. The van der Waals surface area contributed by atoms with Crippen molar-refractivity contribution in [1.82, 2.24) is 14.9 Å². The number of rotatable bonds is 4. The minimum absolute atomic E-state index is 0.243. The van der Waals surface area contributed by atoms with Crippen LogP contribution in [0.4, 0.5) is 5.69 Å². The molecule has 1 heterocycles. The van der Waals surface area contributed by atoms with Gasteiger partial charge in [0.25, 0.3) is 0 Å². The van der Waals surface area contributed by atoms with Crippen LogP contribution in [0, 0.1) is 11.3 Å². The highest BCUT2D eigenvalue weighted by molar-refractivity contribution is 9.10. The first-order chi connectivity index (χ1) is 11.6. The summed E-state index contributed by atoms with van der Waals surface area (Å²) >= 11 is 3.37. The molecule has 0 aliphatic heterocycles. The fourth-order valence-electron chi connectivity index (χ4n) is 2.41. The number of halogens is 1. The van der Waals surface area contributed by atoms with E-state index in [4.69, 9.17) is 5.26 Å². The molecule has 3 aromatic rings. The highest BCUT2D eigenvalue weighted by Crippen LogP contribution is 2.24. The quantitative estimate of drug-likeness (QED) is 0.690. The second kappa shape index (κ2) is 6.77. The lowest BCUT2D eigenvalue weighted by Crippen LogP contribution is -2.28. The number of phenols is 1. The van der Waals surface area contributed by atoms with Crippen molar-refractivity contribution in [2.75, 3.05) is 5.01 Å². The van der Waals surface area contributed by atoms with Crippen molar-refractivity contribution in [3.05, 3.63) is 64.7 Å². The Hall–Kier alpha value is -2.79. The molecule has 0 aliphatic rings. The van der Waals surface area contributed by atoms with Crippen molar-refractivity contribution in [1.29, 1.82) is 5.26 Å². The molecule has 0 fully saturated rings. The Labute approximate surface area is 148 Å². The highest BCUT2D eigenvalue weighted by atomic mass is 79.9. The van der Waals surface area contributed by atoms with Crippen molar-refractivity contribution in [2.24, 2.45) is 0 Å². The fourth-order valence-corrected chi connectivity index (χ4v) is 3.01. The summed E-state index contributed by atoms with van der Waals surface area (Å²) in [6, 6.07) is 13.2. The van der Waals surface area contributed by atoms with Gasteiger partial charge in [0, 0.05) is 0 Å². The lowest BCUT2D eigenvalue weighted by Gasteiger charge is -2.25. The third-order valence-corrected chi connectivity index (χ3v) is 4.23. The third-order valence-electron chi connectivity index (χ3n) is 3.63. The van der Waals surface area contributed by atoms with Crippen LogP contribution >= 0.6 is 15.9 Å². The van der Waals surface area contributed by atoms with Gasteiger partial charge in [0.15, 0.2) is 0 Å². The number of benzene rings is 2. The van der Waals surface area contributed by atoms with Crippen molar-refractivity contribution < 1.29 is 5.11 Å². The first-order valence-corrected chi connectivity index (χ1v) is 7.98. The molecule has 0 saturated heterocycles. The summed E-state index contributed by atoms with van der Waals surface area (Å²) in [5.41, 5.74) is 3.31. The third kappa shape index (κ3) is 3.26. The van der Waals surface area contributed by atoms with E-state index in [0.717, 1.165) is 16.7 Å². The van der Waals surface area contributed by atoms with E-state index >= 15 is 0 Å². The first-order valence-electron chi connectivity index (χ1n) is 7.19. The number of phenolic OH excluding ortho intramolecular Hbond substituents is 1. The summed E-state index contributed by atoms with van der Waals surface area (Å²) in [4.78, 5) is 0. The highest BCUT2D eigenvalue weighted by Gasteiger charge is 2.12. The van der Waals surface area contributed by atoms with E-state index < -0.39 is 0 Å². The molecule has 0 saturated carbocycles. The second-order valence-corrected chi connectivity index (χ2v) is 6.16.